The number of nitro groups is 1. The molecule has 0 saturated heterocycles. The molecule has 13 heavy (non-hydrogen) atoms. The first-order chi connectivity index (χ1) is 5.95. The van der Waals surface area contributed by atoms with E-state index in [1.807, 2.05) is 0 Å². The predicted octanol–water partition coefficient (Wildman–Crippen LogP) is 3.18. The van der Waals surface area contributed by atoms with Crippen LogP contribution in [0.25, 0.3) is 0 Å². The molecule has 0 amide bonds. The lowest BCUT2D eigenvalue weighted by atomic mass is 10.3. The Morgan fingerprint density at radius 3 is 1.92 bits per heavy atom. The summed E-state index contributed by atoms with van der Waals surface area (Å²) < 4.78 is 25.3. The quantitative estimate of drug-likeness (QED) is 0.420. The van der Waals surface area contributed by atoms with Crippen LogP contribution < -0.4 is 0 Å². The second-order valence-electron chi connectivity index (χ2n) is 2.07. The van der Waals surface area contributed by atoms with Gasteiger partial charge in [0.05, 0.1) is 4.92 Å². The third-order valence-corrected chi connectivity index (χ3v) is 1.99. The average molecular weight is 228 g/mol. The molecule has 0 heterocycles. The van der Waals surface area contributed by atoms with E-state index in [9.17, 15) is 18.9 Å². The van der Waals surface area contributed by atoms with Gasteiger partial charge in [-0.1, -0.05) is 23.2 Å². The molecule has 0 aliphatic heterocycles. The lowest BCUT2D eigenvalue weighted by Crippen LogP contribution is -1.95. The van der Waals surface area contributed by atoms with Crippen LogP contribution in [0.1, 0.15) is 0 Å². The molecule has 0 saturated carbocycles. The number of halogens is 4. The van der Waals surface area contributed by atoms with Crippen molar-refractivity contribution < 1.29 is 13.7 Å². The molecule has 1 rings (SSSR count). The Kier molecular flexibility index (Phi) is 2.68. The van der Waals surface area contributed by atoms with Gasteiger partial charge in [-0.3, -0.25) is 10.1 Å². The van der Waals surface area contributed by atoms with Gasteiger partial charge in [0.2, 0.25) is 0 Å². The van der Waals surface area contributed by atoms with Crippen LogP contribution in [0.5, 0.6) is 0 Å². The summed E-state index contributed by atoms with van der Waals surface area (Å²) in [7, 11) is 0. The number of nitro benzene ring substituents is 1. The van der Waals surface area contributed by atoms with Crippen molar-refractivity contribution in [2.75, 3.05) is 0 Å². The van der Waals surface area contributed by atoms with Gasteiger partial charge in [0, 0.05) is 6.07 Å². The fourth-order valence-corrected chi connectivity index (χ4v) is 1.21. The van der Waals surface area contributed by atoms with Crippen LogP contribution in [0.2, 0.25) is 10.0 Å². The van der Waals surface area contributed by atoms with Crippen molar-refractivity contribution in [1.29, 1.82) is 0 Å². The standard InChI is InChI=1S/C6HCl2F2NO2/c7-4-2(9)1-3(10)5(8)6(4)11(12)13/h1H. The van der Waals surface area contributed by atoms with E-state index in [1.54, 1.807) is 0 Å². The zero-order chi connectivity index (χ0) is 10.2. The molecular formula is C6HCl2F2NO2. The molecule has 0 radical (unpaired) electrons. The van der Waals surface area contributed by atoms with E-state index in [0.29, 0.717) is 6.07 Å². The van der Waals surface area contributed by atoms with Gasteiger partial charge in [0.1, 0.15) is 0 Å². The largest absolute Gasteiger partial charge is 0.312 e. The zero-order valence-electron chi connectivity index (χ0n) is 5.85. The maximum atomic E-state index is 12.6. The molecule has 1 aromatic rings. The molecule has 1 aromatic carbocycles. The van der Waals surface area contributed by atoms with Gasteiger partial charge in [-0.2, -0.15) is 0 Å². The highest BCUT2D eigenvalue weighted by atomic mass is 35.5. The first kappa shape index (κ1) is 10.1. The highest BCUT2D eigenvalue weighted by Gasteiger charge is 2.25. The monoisotopic (exact) mass is 227 g/mol. The van der Waals surface area contributed by atoms with Crippen LogP contribution >= 0.6 is 23.2 Å². The van der Waals surface area contributed by atoms with Crippen LogP contribution in [-0.4, -0.2) is 4.92 Å². The number of hydrogen-bond donors (Lipinski definition) is 0. The minimum Gasteiger partial charge on any atom is -0.258 e. The van der Waals surface area contributed by atoms with Gasteiger partial charge >= 0.3 is 5.69 Å². The summed E-state index contributed by atoms with van der Waals surface area (Å²) in [5, 5.41) is 8.66. The Morgan fingerprint density at radius 1 is 1.23 bits per heavy atom. The van der Waals surface area contributed by atoms with Crippen molar-refractivity contribution in [3.8, 4) is 0 Å². The Labute approximate surface area is 81.0 Å². The second-order valence-corrected chi connectivity index (χ2v) is 2.83. The average Bonchev–Trinajstić information content (AvgIpc) is 2.01. The summed E-state index contributed by atoms with van der Waals surface area (Å²) in [5.74, 6) is -2.43. The van der Waals surface area contributed by atoms with Crippen molar-refractivity contribution in [3.05, 3.63) is 37.9 Å². The third-order valence-electron chi connectivity index (χ3n) is 1.27. The van der Waals surface area contributed by atoms with Crippen molar-refractivity contribution in [2.24, 2.45) is 0 Å². The molecule has 70 valence electrons. The highest BCUT2D eigenvalue weighted by Crippen LogP contribution is 2.36. The number of hydrogen-bond acceptors (Lipinski definition) is 2. The van der Waals surface area contributed by atoms with Crippen LogP contribution in [-0.2, 0) is 0 Å². The predicted molar refractivity (Wildman–Crippen MR) is 43.0 cm³/mol. The van der Waals surface area contributed by atoms with Gasteiger partial charge in [-0.25, -0.2) is 8.78 Å². The van der Waals surface area contributed by atoms with Crippen molar-refractivity contribution in [2.45, 2.75) is 0 Å². The topological polar surface area (TPSA) is 43.1 Å². The first-order valence-corrected chi connectivity index (χ1v) is 3.68. The number of nitrogens with zero attached hydrogens (tertiary/aromatic N) is 1. The fourth-order valence-electron chi connectivity index (χ4n) is 0.721. The molecule has 7 heteroatoms. The van der Waals surface area contributed by atoms with Crippen LogP contribution in [0.3, 0.4) is 0 Å². The maximum absolute atomic E-state index is 12.6. The zero-order valence-corrected chi connectivity index (χ0v) is 7.36. The summed E-state index contributed by atoms with van der Waals surface area (Å²) >= 11 is 10.4. The molecule has 0 atom stereocenters. The number of rotatable bonds is 1. The van der Waals surface area contributed by atoms with E-state index in [2.05, 4.69) is 0 Å². The Hall–Kier alpha value is -0.940. The lowest BCUT2D eigenvalue weighted by Gasteiger charge is -1.99. The molecule has 0 spiro atoms. The molecule has 3 nitrogen and oxygen atoms in total. The van der Waals surface area contributed by atoms with Gasteiger partial charge in [-0.05, 0) is 0 Å². The minimum absolute atomic E-state index is 0.387. The molecular weight excluding hydrogens is 227 g/mol. The van der Waals surface area contributed by atoms with Gasteiger partial charge in [-0.15, -0.1) is 0 Å². The van der Waals surface area contributed by atoms with Crippen molar-refractivity contribution >= 4 is 28.9 Å². The Morgan fingerprint density at radius 2 is 1.62 bits per heavy atom. The second kappa shape index (κ2) is 3.43. The summed E-state index contributed by atoms with van der Waals surface area (Å²) in [5.41, 5.74) is -0.958. The molecule has 0 fully saturated rings. The molecule has 0 aliphatic carbocycles. The van der Waals surface area contributed by atoms with Crippen LogP contribution in [0.15, 0.2) is 6.07 Å². The molecule has 0 N–H and O–H groups in total. The fraction of sp³-hybridized carbons (Fsp3) is 0. The van der Waals surface area contributed by atoms with Gasteiger partial charge in [0.15, 0.2) is 21.7 Å². The molecule has 0 aliphatic rings. The SMILES string of the molecule is O=[N+]([O-])c1c(Cl)c(F)cc(F)c1Cl. The normalized spacial score (nSPS) is 10.2. The lowest BCUT2D eigenvalue weighted by molar-refractivity contribution is -0.384. The van der Waals surface area contributed by atoms with Crippen LogP contribution in [0.4, 0.5) is 14.5 Å². The van der Waals surface area contributed by atoms with Gasteiger partial charge < -0.3 is 0 Å². The first-order valence-electron chi connectivity index (χ1n) is 2.92. The summed E-state index contributed by atoms with van der Waals surface area (Å²) in [4.78, 5) is 9.21. The van der Waals surface area contributed by atoms with Crippen LogP contribution in [0, 0.1) is 21.7 Å². The van der Waals surface area contributed by atoms with Gasteiger partial charge in [0.25, 0.3) is 0 Å². The molecule has 0 bridgehead atoms. The Bertz CT molecular complexity index is 357. The minimum atomic E-state index is -1.21. The van der Waals surface area contributed by atoms with E-state index in [-0.39, 0.29) is 0 Å². The maximum Gasteiger partial charge on any atom is 0.312 e. The Balaban J connectivity index is 3.56. The summed E-state index contributed by atoms with van der Waals surface area (Å²) in [6.45, 7) is 0. The third kappa shape index (κ3) is 1.71. The summed E-state index contributed by atoms with van der Waals surface area (Å²) in [6, 6.07) is 0.387. The van der Waals surface area contributed by atoms with E-state index < -0.39 is 32.3 Å². The van der Waals surface area contributed by atoms with E-state index in [0.717, 1.165) is 0 Å². The molecule has 0 aromatic heterocycles. The summed E-state index contributed by atoms with van der Waals surface area (Å²) in [6.07, 6.45) is 0. The highest BCUT2D eigenvalue weighted by molar-refractivity contribution is 6.38. The van der Waals surface area contributed by atoms with E-state index in [1.165, 1.54) is 0 Å². The van der Waals surface area contributed by atoms with E-state index in [4.69, 9.17) is 23.2 Å². The van der Waals surface area contributed by atoms with Crippen molar-refractivity contribution in [1.82, 2.24) is 0 Å². The van der Waals surface area contributed by atoms with Crippen molar-refractivity contribution in [3.63, 3.8) is 0 Å². The van der Waals surface area contributed by atoms with E-state index >= 15 is 0 Å². The number of benzene rings is 1. The molecule has 0 unspecified atom stereocenters. The smallest absolute Gasteiger partial charge is 0.258 e.